The molecule has 0 saturated heterocycles. The second-order valence-corrected chi connectivity index (χ2v) is 1.17. The lowest BCUT2D eigenvalue weighted by atomic mass is 10.3. The maximum atomic E-state index is 7.94. The zero-order valence-electron chi connectivity index (χ0n) is 4.22. The molecule has 1 nitrogen and oxygen atoms in total. The van der Waals surface area contributed by atoms with E-state index in [-0.39, 0.29) is 0 Å². The van der Waals surface area contributed by atoms with Crippen molar-refractivity contribution in [2.45, 2.75) is 12.8 Å². The van der Waals surface area contributed by atoms with Gasteiger partial charge < -0.3 is 0 Å². The summed E-state index contributed by atoms with van der Waals surface area (Å²) in [6.45, 7) is 3.60. The highest BCUT2D eigenvalue weighted by Crippen LogP contribution is 1.85. The highest BCUT2D eigenvalue weighted by Gasteiger charge is 1.67. The number of unbranched alkanes of at least 4 members (excludes halogenated alkanes) is 1. The van der Waals surface area contributed by atoms with Crippen molar-refractivity contribution in [3.63, 3.8) is 0 Å². The molecular formula is C6H8N. The van der Waals surface area contributed by atoms with Gasteiger partial charge in [0, 0.05) is 6.08 Å². The first-order chi connectivity index (χ1) is 3.41. The van der Waals surface area contributed by atoms with Gasteiger partial charge in [0.2, 0.25) is 0 Å². The highest BCUT2D eigenvalue weighted by molar-refractivity contribution is 5.01. The van der Waals surface area contributed by atoms with Gasteiger partial charge in [-0.05, 0) is 12.8 Å². The van der Waals surface area contributed by atoms with Crippen LogP contribution in [0.5, 0.6) is 0 Å². The van der Waals surface area contributed by atoms with Crippen LogP contribution in [0.2, 0.25) is 0 Å². The molecule has 0 rings (SSSR count). The molecule has 1 heteroatoms. The Balaban J connectivity index is 2.97. The van der Waals surface area contributed by atoms with Crippen molar-refractivity contribution < 1.29 is 0 Å². The van der Waals surface area contributed by atoms with Gasteiger partial charge in [-0.15, -0.1) is 0 Å². The lowest BCUT2D eigenvalue weighted by molar-refractivity contribution is 1.05. The molecule has 0 saturated carbocycles. The molecule has 0 heterocycles. The molecule has 0 bridgehead atoms. The van der Waals surface area contributed by atoms with E-state index in [9.17, 15) is 0 Å². The minimum Gasteiger partial charge on any atom is -0.193 e. The molecule has 0 aliphatic heterocycles. The van der Waals surface area contributed by atoms with Gasteiger partial charge in [0.25, 0.3) is 0 Å². The second-order valence-electron chi connectivity index (χ2n) is 1.17. The Morgan fingerprint density at radius 3 is 2.86 bits per heavy atom. The second kappa shape index (κ2) is 5.23. The number of hydrogen-bond donors (Lipinski definition) is 0. The van der Waals surface area contributed by atoms with Gasteiger partial charge in [-0.1, -0.05) is 13.0 Å². The molecule has 0 aliphatic carbocycles. The fourth-order valence-electron chi connectivity index (χ4n) is 0.254. The molecule has 0 fully saturated rings. The van der Waals surface area contributed by atoms with Gasteiger partial charge in [0.1, 0.15) is 0 Å². The number of nitriles is 1. The Bertz CT molecular complexity index is 86.8. The minimum absolute atomic E-state index is 0.873. The summed E-state index contributed by atoms with van der Waals surface area (Å²) in [5.41, 5.74) is 0. The van der Waals surface area contributed by atoms with Crippen LogP contribution < -0.4 is 0 Å². The summed E-state index contributed by atoms with van der Waals surface area (Å²) in [5.74, 6) is 0. The van der Waals surface area contributed by atoms with Crippen LogP contribution in [0.15, 0.2) is 12.2 Å². The normalized spacial score (nSPS) is 9.14. The molecule has 0 aromatic carbocycles. The van der Waals surface area contributed by atoms with Crippen LogP contribution in [-0.2, 0) is 0 Å². The zero-order chi connectivity index (χ0) is 5.54. The highest BCUT2D eigenvalue weighted by atomic mass is 14.2. The summed E-state index contributed by atoms with van der Waals surface area (Å²) in [6, 6.07) is 1.89. The van der Waals surface area contributed by atoms with Crippen LogP contribution in [0.1, 0.15) is 12.8 Å². The largest absolute Gasteiger partial charge is 0.193 e. The van der Waals surface area contributed by atoms with Crippen molar-refractivity contribution in [3.05, 3.63) is 19.1 Å². The number of nitrogens with zero attached hydrogens (tertiary/aromatic N) is 1. The summed E-state index contributed by atoms with van der Waals surface area (Å²) in [4.78, 5) is 0. The van der Waals surface area contributed by atoms with E-state index < -0.39 is 0 Å². The summed E-state index contributed by atoms with van der Waals surface area (Å²) < 4.78 is 0. The topological polar surface area (TPSA) is 23.8 Å². The van der Waals surface area contributed by atoms with Gasteiger partial charge >= 0.3 is 0 Å². The molecule has 0 amide bonds. The summed E-state index contributed by atoms with van der Waals surface area (Å²) in [5, 5.41) is 7.94. The Morgan fingerprint density at radius 1 is 1.71 bits per heavy atom. The van der Waals surface area contributed by atoms with Crippen LogP contribution in [0.4, 0.5) is 0 Å². The summed E-state index contributed by atoms with van der Waals surface area (Å²) >= 11 is 0. The van der Waals surface area contributed by atoms with Gasteiger partial charge in [-0.25, -0.2) is 0 Å². The molecule has 0 aromatic heterocycles. The van der Waals surface area contributed by atoms with Crippen LogP contribution >= 0.6 is 0 Å². The third-order valence-electron chi connectivity index (χ3n) is 0.563. The van der Waals surface area contributed by atoms with E-state index >= 15 is 0 Å². The van der Waals surface area contributed by atoms with Gasteiger partial charge in [-0.3, -0.25) is 0 Å². The van der Waals surface area contributed by atoms with E-state index in [1.54, 1.807) is 0 Å². The average molecular weight is 94.1 g/mol. The maximum absolute atomic E-state index is 7.94. The molecule has 1 radical (unpaired) electrons. The Morgan fingerprint density at radius 2 is 2.43 bits per heavy atom. The predicted molar refractivity (Wildman–Crippen MR) is 29.3 cm³/mol. The van der Waals surface area contributed by atoms with Crippen LogP contribution in [0, 0.1) is 18.3 Å². The molecule has 0 spiro atoms. The van der Waals surface area contributed by atoms with Crippen molar-refractivity contribution in [1.82, 2.24) is 0 Å². The summed E-state index contributed by atoms with van der Waals surface area (Å²) in [6.07, 6.45) is 5.07. The molecule has 7 heavy (non-hydrogen) atoms. The summed E-state index contributed by atoms with van der Waals surface area (Å²) in [7, 11) is 0. The van der Waals surface area contributed by atoms with Gasteiger partial charge in [0.15, 0.2) is 0 Å². The SMILES string of the molecule is [CH2]CC/C=C/C#N. The Hall–Kier alpha value is -0.770. The predicted octanol–water partition coefficient (Wildman–Crippen LogP) is 1.68. The maximum Gasteiger partial charge on any atom is 0.0908 e. The van der Waals surface area contributed by atoms with E-state index in [0.717, 1.165) is 12.8 Å². The smallest absolute Gasteiger partial charge is 0.0908 e. The van der Waals surface area contributed by atoms with E-state index in [1.807, 2.05) is 12.1 Å². The lowest BCUT2D eigenvalue weighted by Gasteiger charge is -1.75. The van der Waals surface area contributed by atoms with Crippen LogP contribution in [0.3, 0.4) is 0 Å². The fourth-order valence-corrected chi connectivity index (χ4v) is 0.254. The van der Waals surface area contributed by atoms with E-state index in [2.05, 4.69) is 6.92 Å². The van der Waals surface area contributed by atoms with Crippen LogP contribution in [-0.4, -0.2) is 0 Å². The zero-order valence-corrected chi connectivity index (χ0v) is 4.22. The Labute approximate surface area is 44.3 Å². The van der Waals surface area contributed by atoms with Crippen LogP contribution in [0.25, 0.3) is 0 Å². The fraction of sp³-hybridized carbons (Fsp3) is 0.333. The Kier molecular flexibility index (Phi) is 4.65. The molecular weight excluding hydrogens is 86.1 g/mol. The molecule has 0 atom stereocenters. The molecule has 0 unspecified atom stereocenters. The third-order valence-corrected chi connectivity index (χ3v) is 0.563. The van der Waals surface area contributed by atoms with Crippen molar-refractivity contribution in [2.75, 3.05) is 0 Å². The quantitative estimate of drug-likeness (QED) is 0.477. The van der Waals surface area contributed by atoms with Crippen molar-refractivity contribution in [3.8, 4) is 6.07 Å². The standard InChI is InChI=1S/C6H8N/c1-2-3-4-5-6-7/h4-5H,1-3H2/b5-4+. The van der Waals surface area contributed by atoms with Crippen molar-refractivity contribution in [2.24, 2.45) is 0 Å². The molecule has 37 valence electrons. The van der Waals surface area contributed by atoms with Crippen molar-refractivity contribution >= 4 is 0 Å². The third kappa shape index (κ3) is 5.23. The molecule has 0 aromatic rings. The molecule has 0 N–H and O–H groups in total. The lowest BCUT2D eigenvalue weighted by Crippen LogP contribution is -1.57. The number of hydrogen-bond acceptors (Lipinski definition) is 1. The number of rotatable bonds is 2. The molecule has 0 aliphatic rings. The van der Waals surface area contributed by atoms with Gasteiger partial charge in [-0.2, -0.15) is 5.26 Å². The van der Waals surface area contributed by atoms with E-state index in [1.165, 1.54) is 6.08 Å². The van der Waals surface area contributed by atoms with Crippen molar-refractivity contribution in [1.29, 1.82) is 5.26 Å². The first-order valence-corrected chi connectivity index (χ1v) is 2.25. The first-order valence-electron chi connectivity index (χ1n) is 2.25. The van der Waals surface area contributed by atoms with Gasteiger partial charge in [0.05, 0.1) is 6.07 Å². The first kappa shape index (κ1) is 6.23. The average Bonchev–Trinajstić information content (AvgIpc) is 1.69. The monoisotopic (exact) mass is 94.1 g/mol. The van der Waals surface area contributed by atoms with E-state index in [4.69, 9.17) is 5.26 Å². The van der Waals surface area contributed by atoms with E-state index in [0.29, 0.717) is 0 Å². The number of allylic oxidation sites excluding steroid dienone is 2. The minimum atomic E-state index is 0.873.